The molecule has 7 rings (SSSR count). The van der Waals surface area contributed by atoms with Crippen LogP contribution in [-0.4, -0.2) is 89.7 Å². The van der Waals surface area contributed by atoms with Gasteiger partial charge in [0.1, 0.15) is 23.2 Å². The second-order valence-corrected chi connectivity index (χ2v) is 16.1. The van der Waals surface area contributed by atoms with Gasteiger partial charge in [0.2, 0.25) is 17.7 Å². The van der Waals surface area contributed by atoms with E-state index in [2.05, 4.69) is 20.5 Å². The molecule has 3 fully saturated rings. The van der Waals surface area contributed by atoms with Gasteiger partial charge in [-0.3, -0.25) is 19.2 Å². The average molecular weight is 848 g/mol. The molecule has 4 amide bonds. The summed E-state index contributed by atoms with van der Waals surface area (Å²) in [6.45, 7) is 3.67. The second kappa shape index (κ2) is 17.8. The highest BCUT2D eigenvalue weighted by Gasteiger charge is 2.58. The molecule has 3 aliphatic rings. The van der Waals surface area contributed by atoms with E-state index in [4.69, 9.17) is 18.7 Å². The number of amides is 4. The molecule has 0 bridgehead atoms. The number of carbonyl (C=O) groups is 4. The summed E-state index contributed by atoms with van der Waals surface area (Å²) in [4.78, 5) is 61.2. The van der Waals surface area contributed by atoms with Gasteiger partial charge in [0.25, 0.3) is 5.91 Å². The number of hydrogen-bond acceptors (Lipinski definition) is 10. The third-order valence-corrected chi connectivity index (χ3v) is 11.2. The van der Waals surface area contributed by atoms with Gasteiger partial charge in [-0.2, -0.15) is 8.78 Å². The molecule has 324 valence electrons. The minimum Gasteiger partial charge on any atom is -0.493 e. The van der Waals surface area contributed by atoms with Crippen molar-refractivity contribution in [1.29, 1.82) is 0 Å². The lowest BCUT2D eigenvalue weighted by Crippen LogP contribution is -2.70. The second-order valence-electron chi connectivity index (χ2n) is 16.1. The summed E-state index contributed by atoms with van der Waals surface area (Å²) in [5.74, 6) is -2.82. The Morgan fingerprint density at radius 3 is 2.21 bits per heavy atom. The number of alkyl halides is 2. The van der Waals surface area contributed by atoms with E-state index in [0.29, 0.717) is 35.3 Å². The number of ether oxygens (including phenoxy) is 4. The summed E-state index contributed by atoms with van der Waals surface area (Å²) in [5, 5.41) is 9.30. The first-order valence-corrected chi connectivity index (χ1v) is 20.1. The molecule has 1 aliphatic carbocycles. The van der Waals surface area contributed by atoms with Crippen molar-refractivity contribution < 1.29 is 55.8 Å². The van der Waals surface area contributed by atoms with Crippen LogP contribution in [0.3, 0.4) is 0 Å². The molecular weight excluding hydrogens is 800 g/mol. The van der Waals surface area contributed by atoms with Crippen LogP contribution in [0.5, 0.6) is 23.0 Å². The number of nitrogens with zero attached hydrogens (tertiary/aromatic N) is 3. The first-order valence-electron chi connectivity index (χ1n) is 20.1. The number of likely N-dealkylation sites (tertiary alicyclic amines) is 2. The molecule has 1 aromatic heterocycles. The van der Waals surface area contributed by atoms with Gasteiger partial charge in [-0.05, 0) is 100 Å². The van der Waals surface area contributed by atoms with Crippen LogP contribution in [0.25, 0.3) is 0 Å². The lowest BCUT2D eigenvalue weighted by atomic mass is 9.86. The van der Waals surface area contributed by atoms with Crippen LogP contribution in [-0.2, 0) is 19.2 Å². The molecule has 4 aromatic rings. The number of rotatable bonds is 17. The maximum Gasteiger partial charge on any atom is 0.387 e. The van der Waals surface area contributed by atoms with Crippen LogP contribution in [0.1, 0.15) is 75.2 Å². The number of anilines is 2. The smallest absolute Gasteiger partial charge is 0.387 e. The molecule has 3 heterocycles. The SMILES string of the molecule is COc1ccc(C2CC(=O)N(C(C)(C(=O)Nc3cc(C)on3)C(C(=O)Nc3cccc(F)c3)N3CC(c4ccc(OC(F)F)c(OC(C)C)c4)CC3=O)C2)cc1OCC1CC1. The van der Waals surface area contributed by atoms with Crippen molar-refractivity contribution in [1.82, 2.24) is 15.0 Å². The van der Waals surface area contributed by atoms with E-state index in [-0.39, 0.29) is 48.9 Å². The highest BCUT2D eigenvalue weighted by molar-refractivity contribution is 6.09. The van der Waals surface area contributed by atoms with Crippen molar-refractivity contribution in [3.8, 4) is 23.0 Å². The summed E-state index contributed by atoms with van der Waals surface area (Å²) in [6, 6.07) is 14.6. The molecule has 4 unspecified atom stereocenters. The van der Waals surface area contributed by atoms with Crippen LogP contribution in [0.15, 0.2) is 71.3 Å². The Bertz CT molecular complexity index is 2280. The van der Waals surface area contributed by atoms with Gasteiger partial charge in [0.05, 0.1) is 19.8 Å². The minimum absolute atomic E-state index is 0.00299. The summed E-state index contributed by atoms with van der Waals surface area (Å²) >= 11 is 0. The molecule has 4 atom stereocenters. The summed E-state index contributed by atoms with van der Waals surface area (Å²) < 4.78 is 68.5. The van der Waals surface area contributed by atoms with Crippen molar-refractivity contribution >= 4 is 35.1 Å². The van der Waals surface area contributed by atoms with Crippen molar-refractivity contribution in [2.45, 2.75) is 89.5 Å². The Morgan fingerprint density at radius 1 is 0.885 bits per heavy atom. The van der Waals surface area contributed by atoms with Gasteiger partial charge in [-0.15, -0.1) is 0 Å². The number of halogens is 3. The van der Waals surface area contributed by atoms with Crippen LogP contribution < -0.4 is 29.6 Å². The fourth-order valence-corrected chi connectivity index (χ4v) is 7.99. The van der Waals surface area contributed by atoms with Crippen LogP contribution in [0.4, 0.5) is 24.7 Å². The molecular formula is C44H48F3N5O9. The average Bonchev–Trinajstić information content (AvgIpc) is 3.64. The zero-order valence-corrected chi connectivity index (χ0v) is 34.4. The van der Waals surface area contributed by atoms with E-state index in [1.54, 1.807) is 26.8 Å². The first kappa shape index (κ1) is 42.8. The molecule has 0 spiro atoms. The molecule has 3 aromatic carbocycles. The largest absolute Gasteiger partial charge is 0.493 e. The van der Waals surface area contributed by atoms with Gasteiger partial charge in [0, 0.05) is 49.5 Å². The number of hydrogen-bond donors (Lipinski definition) is 2. The number of aryl methyl sites for hydroxylation is 1. The number of carbonyl (C=O) groups excluding carboxylic acids is 4. The van der Waals surface area contributed by atoms with Crippen LogP contribution in [0.2, 0.25) is 0 Å². The Hall–Kier alpha value is -6.26. The third-order valence-electron chi connectivity index (χ3n) is 11.2. The molecule has 2 N–H and O–H groups in total. The highest BCUT2D eigenvalue weighted by Crippen LogP contribution is 2.43. The van der Waals surface area contributed by atoms with Gasteiger partial charge >= 0.3 is 6.61 Å². The molecule has 1 saturated carbocycles. The monoisotopic (exact) mass is 847 g/mol. The number of methoxy groups -OCH3 is 1. The third kappa shape index (κ3) is 9.55. The minimum atomic E-state index is -3.12. The Kier molecular flexibility index (Phi) is 12.5. The Labute approximate surface area is 350 Å². The van der Waals surface area contributed by atoms with Crippen LogP contribution in [0, 0.1) is 18.7 Å². The lowest BCUT2D eigenvalue weighted by molar-refractivity contribution is -0.153. The lowest BCUT2D eigenvalue weighted by Gasteiger charge is -2.45. The van der Waals surface area contributed by atoms with E-state index < -0.39 is 65.6 Å². The number of nitrogens with one attached hydrogen (secondary N) is 2. The predicted molar refractivity (Wildman–Crippen MR) is 215 cm³/mol. The maximum absolute atomic E-state index is 15.0. The normalized spacial score (nSPS) is 19.2. The highest BCUT2D eigenvalue weighted by atomic mass is 19.3. The predicted octanol–water partition coefficient (Wildman–Crippen LogP) is 7.04. The van der Waals surface area contributed by atoms with Crippen LogP contribution >= 0.6 is 0 Å². The maximum atomic E-state index is 15.0. The Balaban J connectivity index is 1.29. The number of aromatic nitrogens is 1. The zero-order valence-electron chi connectivity index (χ0n) is 34.4. The van der Waals surface area contributed by atoms with Gasteiger partial charge in [-0.1, -0.05) is 23.4 Å². The van der Waals surface area contributed by atoms with E-state index in [9.17, 15) is 32.3 Å². The van der Waals surface area contributed by atoms with E-state index in [1.807, 2.05) is 12.1 Å². The molecule has 61 heavy (non-hydrogen) atoms. The fourth-order valence-electron chi connectivity index (χ4n) is 7.99. The molecule has 14 nitrogen and oxygen atoms in total. The van der Waals surface area contributed by atoms with Gasteiger partial charge in [-0.25, -0.2) is 4.39 Å². The topological polar surface area (TPSA) is 162 Å². The van der Waals surface area contributed by atoms with Crippen molar-refractivity contribution in [2.75, 3.05) is 37.4 Å². The van der Waals surface area contributed by atoms with E-state index in [0.717, 1.165) is 24.5 Å². The molecule has 2 aliphatic heterocycles. The van der Waals surface area contributed by atoms with Crippen molar-refractivity contribution in [3.05, 3.63) is 89.4 Å². The first-order chi connectivity index (χ1) is 29.1. The number of benzene rings is 3. The molecule has 17 heteroatoms. The van der Waals surface area contributed by atoms with Crippen molar-refractivity contribution in [2.24, 2.45) is 5.92 Å². The standard InChI is InChI=1S/C44H48F3N5O9/c1-24(2)59-36-17-28(12-14-34(36)60-43(46)47)29-18-38(53)51(21-29)40(41(55)48-32-8-6-7-31(45)20-32)44(4,42(56)49-37-15-25(3)61-50-37)52-22-30(19-39(52)54)27-11-13-33(57-5)35(16-27)58-23-26-9-10-26/h6-8,11-17,20,24,26,29-30,40,43H,9-10,18-19,21-23H2,1-5H3,(H,48,55)(H,49,50,56). The zero-order chi connectivity index (χ0) is 43.6. The quantitative estimate of drug-likeness (QED) is 0.113. The van der Waals surface area contributed by atoms with Crippen molar-refractivity contribution in [3.63, 3.8) is 0 Å². The summed E-state index contributed by atoms with van der Waals surface area (Å²) in [6.07, 6.45) is 1.52. The molecule has 0 radical (unpaired) electrons. The van der Waals surface area contributed by atoms with Gasteiger partial charge < -0.3 is 43.9 Å². The Morgan fingerprint density at radius 2 is 1.57 bits per heavy atom. The van der Waals surface area contributed by atoms with E-state index in [1.165, 1.54) is 66.3 Å². The fraction of sp³-hybridized carbons (Fsp3) is 0.432. The summed E-state index contributed by atoms with van der Waals surface area (Å²) in [5.41, 5.74) is -0.854. The van der Waals surface area contributed by atoms with E-state index >= 15 is 0 Å². The molecule has 2 saturated heterocycles. The van der Waals surface area contributed by atoms with Gasteiger partial charge in [0.15, 0.2) is 28.8 Å². The summed E-state index contributed by atoms with van der Waals surface area (Å²) in [7, 11) is 1.54.